The number of aromatic hydroxyl groups is 1. The van der Waals surface area contributed by atoms with E-state index in [9.17, 15) is 29.3 Å². The number of carbonyl (C=O) groups excluding carboxylic acids is 2. The van der Waals surface area contributed by atoms with Crippen molar-refractivity contribution < 1.29 is 34.0 Å². The number of phenols is 1. The zero-order chi connectivity index (χ0) is 37.6. The molecule has 3 N–H and O–H groups in total. The zero-order valence-electron chi connectivity index (χ0n) is 30.3. The van der Waals surface area contributed by atoms with Gasteiger partial charge in [-0.1, -0.05) is 91.0 Å². The van der Waals surface area contributed by atoms with E-state index in [0.717, 1.165) is 36.3 Å². The lowest BCUT2D eigenvalue weighted by molar-refractivity contribution is -0.144. The number of allylic oxidation sites excluding steroid dienone is 1. The fourth-order valence-electron chi connectivity index (χ4n) is 8.55. The van der Waals surface area contributed by atoms with Crippen LogP contribution in [0, 0.1) is 23.6 Å². The zero-order valence-corrected chi connectivity index (χ0v) is 30.3. The first-order valence-corrected chi connectivity index (χ1v) is 18.9. The molecule has 0 spiro atoms. The number of benzene rings is 4. The third kappa shape index (κ3) is 8.18. The van der Waals surface area contributed by atoms with E-state index in [1.165, 1.54) is 22.6 Å². The summed E-state index contributed by atoms with van der Waals surface area (Å²) in [6.45, 7) is 2.04. The van der Waals surface area contributed by atoms with Crippen LogP contribution in [0.25, 0.3) is 11.6 Å². The fourth-order valence-corrected chi connectivity index (χ4v) is 8.55. The number of ether oxygens (including phenoxy) is 1. The number of piperidine rings is 1. The van der Waals surface area contributed by atoms with Gasteiger partial charge in [0.15, 0.2) is 11.6 Å². The van der Waals surface area contributed by atoms with E-state index in [1.807, 2.05) is 84.9 Å². The number of hydrogen-bond acceptors (Lipinski definition) is 7. The van der Waals surface area contributed by atoms with Crippen molar-refractivity contribution in [3.8, 4) is 11.5 Å². The second kappa shape index (κ2) is 16.9. The SMILES string of the molecule is O=C1[C@@H]2[C@@H](CC(COc3ccccc3)=C([C@H](O)CC/C(=C/c3ccc(O)c(F)c3)c3ccccc3)[C@@H]2CO)C(=O)N1C1CCN(Cc2ccccc2)CC1. The molecule has 0 aromatic heterocycles. The van der Waals surface area contributed by atoms with E-state index in [2.05, 4.69) is 17.0 Å². The molecule has 280 valence electrons. The second-order valence-corrected chi connectivity index (χ2v) is 14.6. The summed E-state index contributed by atoms with van der Waals surface area (Å²) in [5.41, 5.74) is 4.79. The van der Waals surface area contributed by atoms with Crippen molar-refractivity contribution in [1.29, 1.82) is 0 Å². The molecule has 8 nitrogen and oxygen atoms in total. The number of fused-ring (bicyclic) bond motifs is 1. The molecule has 2 heterocycles. The van der Waals surface area contributed by atoms with E-state index >= 15 is 0 Å². The normalized spacial score (nSPS) is 21.7. The van der Waals surface area contributed by atoms with Crippen molar-refractivity contribution in [3.05, 3.63) is 143 Å². The Labute approximate surface area is 315 Å². The molecule has 0 radical (unpaired) electrons. The number of aliphatic hydroxyl groups is 2. The highest BCUT2D eigenvalue weighted by molar-refractivity contribution is 6.06. The Morgan fingerprint density at radius 2 is 1.56 bits per heavy atom. The van der Waals surface area contributed by atoms with E-state index in [1.54, 1.807) is 6.07 Å². The smallest absolute Gasteiger partial charge is 0.234 e. The summed E-state index contributed by atoms with van der Waals surface area (Å²) in [4.78, 5) is 32.4. The summed E-state index contributed by atoms with van der Waals surface area (Å²) < 4.78 is 20.5. The number of amides is 2. The highest BCUT2D eigenvalue weighted by atomic mass is 19.1. The van der Waals surface area contributed by atoms with Gasteiger partial charge in [-0.3, -0.25) is 19.4 Å². The maximum Gasteiger partial charge on any atom is 0.234 e. The number of aliphatic hydroxyl groups excluding tert-OH is 2. The van der Waals surface area contributed by atoms with Crippen LogP contribution in [-0.2, 0) is 16.1 Å². The number of carbonyl (C=O) groups is 2. The van der Waals surface area contributed by atoms with Crippen molar-refractivity contribution in [2.45, 2.75) is 50.8 Å². The van der Waals surface area contributed by atoms with Crippen LogP contribution in [0.5, 0.6) is 11.5 Å². The molecule has 4 aromatic rings. The minimum absolute atomic E-state index is 0.101. The molecule has 0 unspecified atom stereocenters. The monoisotopic (exact) mass is 730 g/mol. The largest absolute Gasteiger partial charge is 0.505 e. The Morgan fingerprint density at radius 1 is 0.889 bits per heavy atom. The lowest BCUT2D eigenvalue weighted by atomic mass is 9.68. The maximum atomic E-state index is 14.3. The fraction of sp³-hybridized carbons (Fsp3) is 0.333. The Bertz CT molecular complexity index is 1980. The molecule has 2 aliphatic heterocycles. The van der Waals surface area contributed by atoms with Gasteiger partial charge in [0.1, 0.15) is 12.4 Å². The summed E-state index contributed by atoms with van der Waals surface area (Å²) in [6, 6.07) is 33.2. The third-order valence-corrected chi connectivity index (χ3v) is 11.2. The van der Waals surface area contributed by atoms with Crippen LogP contribution in [-0.4, -0.2) is 75.4 Å². The van der Waals surface area contributed by atoms with Gasteiger partial charge in [0, 0.05) is 31.6 Å². The second-order valence-electron chi connectivity index (χ2n) is 14.6. The summed E-state index contributed by atoms with van der Waals surface area (Å²) in [5.74, 6) is -3.18. The molecule has 2 amide bonds. The number of likely N-dealkylation sites (tertiary alicyclic amines) is 2. The van der Waals surface area contributed by atoms with Gasteiger partial charge in [-0.2, -0.15) is 0 Å². The van der Waals surface area contributed by atoms with Gasteiger partial charge in [-0.15, -0.1) is 0 Å². The molecule has 9 heteroatoms. The molecule has 4 aromatic carbocycles. The van der Waals surface area contributed by atoms with E-state index in [0.29, 0.717) is 36.1 Å². The number of imide groups is 1. The third-order valence-electron chi connectivity index (χ3n) is 11.2. The summed E-state index contributed by atoms with van der Waals surface area (Å²) in [7, 11) is 0. The van der Waals surface area contributed by atoms with Crippen molar-refractivity contribution in [1.82, 2.24) is 9.80 Å². The maximum absolute atomic E-state index is 14.3. The lowest BCUT2D eigenvalue weighted by Gasteiger charge is -2.37. The Balaban J connectivity index is 1.13. The lowest BCUT2D eigenvalue weighted by Crippen LogP contribution is -2.47. The van der Waals surface area contributed by atoms with Crippen LogP contribution in [0.3, 0.4) is 0 Å². The first-order valence-electron chi connectivity index (χ1n) is 18.9. The number of halogens is 1. The Kier molecular flexibility index (Phi) is 11.7. The first-order chi connectivity index (χ1) is 26.3. The van der Waals surface area contributed by atoms with Crippen LogP contribution in [0.15, 0.2) is 120 Å². The molecule has 2 saturated heterocycles. The summed E-state index contributed by atoms with van der Waals surface area (Å²) in [5, 5.41) is 32.8. The summed E-state index contributed by atoms with van der Waals surface area (Å²) >= 11 is 0. The van der Waals surface area contributed by atoms with Gasteiger partial charge in [0.05, 0.1) is 24.5 Å². The average Bonchev–Trinajstić information content (AvgIpc) is 3.45. The number of para-hydroxylation sites is 1. The van der Waals surface area contributed by atoms with Gasteiger partial charge in [0.2, 0.25) is 11.8 Å². The molecular formula is C45H47FN2O6. The molecule has 1 aliphatic carbocycles. The van der Waals surface area contributed by atoms with Crippen molar-refractivity contribution >= 4 is 23.5 Å². The molecule has 4 atom stereocenters. The average molecular weight is 731 g/mol. The van der Waals surface area contributed by atoms with Gasteiger partial charge in [-0.25, -0.2) is 4.39 Å². The Morgan fingerprint density at radius 3 is 2.22 bits per heavy atom. The van der Waals surface area contributed by atoms with E-state index in [-0.39, 0.29) is 37.3 Å². The number of phenolic OH excluding ortho intramolecular Hbond substituents is 1. The van der Waals surface area contributed by atoms with E-state index < -0.39 is 42.0 Å². The summed E-state index contributed by atoms with van der Waals surface area (Å²) in [6.07, 6.45) is 3.02. The van der Waals surface area contributed by atoms with Crippen LogP contribution in [0.2, 0.25) is 0 Å². The molecule has 0 bridgehead atoms. The highest BCUT2D eigenvalue weighted by Gasteiger charge is 2.56. The van der Waals surface area contributed by atoms with Crippen LogP contribution >= 0.6 is 0 Å². The van der Waals surface area contributed by atoms with Gasteiger partial charge in [0.25, 0.3) is 0 Å². The standard InChI is InChI=1S/C45H47FN2O6/c46-39-25-31(16-18-40(39)50)24-33(32-12-6-2-7-13-32)17-19-41(51)42-34(29-54-36-14-8-3-9-15-36)26-37-43(38(42)28-49)45(53)48(44(37)52)35-20-22-47(23-21-35)27-30-10-4-1-5-11-30/h1-16,18,24-25,35,37-38,41,43,49-51H,17,19-23,26-29H2/b33-24-/t37-,38+,41-,43-/m1/s1. The van der Waals surface area contributed by atoms with Crippen molar-refractivity contribution in [3.63, 3.8) is 0 Å². The first kappa shape index (κ1) is 37.2. The number of rotatable bonds is 13. The minimum Gasteiger partial charge on any atom is -0.505 e. The molecular weight excluding hydrogens is 684 g/mol. The number of nitrogens with zero attached hydrogens (tertiary/aromatic N) is 2. The molecule has 0 saturated carbocycles. The molecule has 3 aliphatic rings. The van der Waals surface area contributed by atoms with Gasteiger partial charge in [-0.05, 0) is 89.8 Å². The highest BCUT2D eigenvalue weighted by Crippen LogP contribution is 2.47. The molecule has 2 fully saturated rings. The molecule has 54 heavy (non-hydrogen) atoms. The quantitative estimate of drug-likeness (QED) is 0.0783. The van der Waals surface area contributed by atoms with Crippen LogP contribution in [0.1, 0.15) is 48.8 Å². The van der Waals surface area contributed by atoms with Crippen LogP contribution in [0.4, 0.5) is 4.39 Å². The van der Waals surface area contributed by atoms with Crippen LogP contribution < -0.4 is 4.74 Å². The van der Waals surface area contributed by atoms with Crippen molar-refractivity contribution in [2.24, 2.45) is 17.8 Å². The topological polar surface area (TPSA) is 111 Å². The van der Waals surface area contributed by atoms with Gasteiger partial charge < -0.3 is 20.1 Å². The van der Waals surface area contributed by atoms with E-state index in [4.69, 9.17) is 4.74 Å². The number of hydrogen-bond donors (Lipinski definition) is 3. The molecule has 7 rings (SSSR count). The van der Waals surface area contributed by atoms with Gasteiger partial charge >= 0.3 is 0 Å². The Hall–Kier alpha value is -5.09. The predicted octanol–water partition coefficient (Wildman–Crippen LogP) is 6.87. The van der Waals surface area contributed by atoms with Crippen molar-refractivity contribution in [2.75, 3.05) is 26.3 Å². The minimum atomic E-state index is -1.06. The predicted molar refractivity (Wildman–Crippen MR) is 205 cm³/mol.